The number of rotatable bonds is 2. The Bertz CT molecular complexity index is 592. The van der Waals surface area contributed by atoms with Crippen LogP contribution in [0, 0.1) is 0 Å². The summed E-state index contributed by atoms with van der Waals surface area (Å²) in [7, 11) is -3.77. The van der Waals surface area contributed by atoms with E-state index in [1.165, 1.54) is 6.07 Å². The van der Waals surface area contributed by atoms with Crippen molar-refractivity contribution in [3.8, 4) is 0 Å². The first-order valence-corrected chi connectivity index (χ1v) is 6.44. The van der Waals surface area contributed by atoms with Gasteiger partial charge in [-0.2, -0.15) is 0 Å². The fraction of sp³-hybridized carbons (Fsp3) is 0.182. The van der Waals surface area contributed by atoms with Crippen LogP contribution in [-0.2, 0) is 10.0 Å². The summed E-state index contributed by atoms with van der Waals surface area (Å²) >= 11 is 0. The molecule has 2 amide bonds. The van der Waals surface area contributed by atoms with E-state index in [2.05, 4.69) is 11.9 Å². The minimum absolute atomic E-state index is 0.0114. The number of benzene rings is 1. The topological polar surface area (TPSA) is 66.5 Å². The van der Waals surface area contributed by atoms with Crippen LogP contribution in [0.3, 0.4) is 0 Å². The highest BCUT2D eigenvalue weighted by atomic mass is 32.2. The number of nitrogens with one attached hydrogen (secondary N) is 1. The third kappa shape index (κ3) is 1.91. The Morgan fingerprint density at radius 2 is 2.06 bits per heavy atom. The Morgan fingerprint density at radius 3 is 2.71 bits per heavy atom. The van der Waals surface area contributed by atoms with E-state index in [0.29, 0.717) is 11.3 Å². The van der Waals surface area contributed by atoms with Gasteiger partial charge in [0.25, 0.3) is 10.0 Å². The zero-order valence-corrected chi connectivity index (χ0v) is 10.1. The summed E-state index contributed by atoms with van der Waals surface area (Å²) in [6.45, 7) is 5.28. The third-order valence-electron chi connectivity index (χ3n) is 2.34. The van der Waals surface area contributed by atoms with Crippen molar-refractivity contribution in [3.05, 3.63) is 36.4 Å². The second kappa shape index (κ2) is 3.89. The average Bonchev–Trinajstić information content (AvgIpc) is 2.24. The first-order chi connectivity index (χ1) is 7.93. The van der Waals surface area contributed by atoms with E-state index in [1.54, 1.807) is 25.1 Å². The molecule has 1 aliphatic rings. The fourth-order valence-electron chi connectivity index (χ4n) is 1.60. The highest BCUT2D eigenvalue weighted by molar-refractivity contribution is 7.90. The van der Waals surface area contributed by atoms with Crippen LogP contribution in [-0.4, -0.2) is 25.3 Å². The molecule has 6 heteroatoms. The molecule has 0 radical (unpaired) electrons. The van der Waals surface area contributed by atoms with E-state index >= 15 is 0 Å². The number of carbonyl (C=O) groups is 1. The highest BCUT2D eigenvalue weighted by Crippen LogP contribution is 2.29. The molecule has 0 saturated carbocycles. The number of anilines is 1. The van der Waals surface area contributed by atoms with Crippen LogP contribution < -0.4 is 5.32 Å². The molecular formula is C11H12N2O3S. The molecule has 0 unspecified atom stereocenters. The molecule has 0 fully saturated rings. The Labute approximate surface area is 99.8 Å². The van der Waals surface area contributed by atoms with Gasteiger partial charge in [0.1, 0.15) is 4.90 Å². The predicted molar refractivity (Wildman–Crippen MR) is 64.2 cm³/mol. The Balaban J connectivity index is 2.55. The number of urea groups is 1. The minimum Gasteiger partial charge on any atom is -0.306 e. The molecule has 1 heterocycles. The number of fused-ring (bicyclic) bond motifs is 1. The van der Waals surface area contributed by atoms with Crippen LogP contribution >= 0.6 is 0 Å². The van der Waals surface area contributed by atoms with E-state index in [0.717, 1.165) is 4.31 Å². The number of hydrogen-bond donors (Lipinski definition) is 1. The molecule has 2 rings (SSSR count). The number of para-hydroxylation sites is 1. The van der Waals surface area contributed by atoms with Crippen LogP contribution in [0.4, 0.5) is 10.5 Å². The van der Waals surface area contributed by atoms with E-state index < -0.39 is 16.1 Å². The first-order valence-electron chi connectivity index (χ1n) is 5.00. The number of hydrogen-bond acceptors (Lipinski definition) is 3. The molecular weight excluding hydrogens is 240 g/mol. The number of carbonyl (C=O) groups excluding carboxylic acids is 1. The van der Waals surface area contributed by atoms with Gasteiger partial charge in [0.05, 0.1) is 12.2 Å². The lowest BCUT2D eigenvalue weighted by Crippen LogP contribution is -2.44. The first kappa shape index (κ1) is 11.7. The molecule has 1 aromatic carbocycles. The van der Waals surface area contributed by atoms with Gasteiger partial charge < -0.3 is 5.32 Å². The Morgan fingerprint density at radius 1 is 1.41 bits per heavy atom. The monoisotopic (exact) mass is 252 g/mol. The molecule has 0 bridgehead atoms. The molecule has 5 nitrogen and oxygen atoms in total. The molecule has 1 N–H and O–H groups in total. The van der Waals surface area contributed by atoms with Crippen molar-refractivity contribution in [2.75, 3.05) is 11.9 Å². The smallest absolute Gasteiger partial charge is 0.306 e. The molecule has 90 valence electrons. The van der Waals surface area contributed by atoms with Gasteiger partial charge in [-0.05, 0) is 19.1 Å². The van der Waals surface area contributed by atoms with Crippen molar-refractivity contribution in [2.24, 2.45) is 0 Å². The Kier molecular flexibility index (Phi) is 2.66. The van der Waals surface area contributed by atoms with Gasteiger partial charge in [0.15, 0.2) is 0 Å². The zero-order chi connectivity index (χ0) is 12.6. The van der Waals surface area contributed by atoms with Crippen molar-refractivity contribution in [3.63, 3.8) is 0 Å². The van der Waals surface area contributed by atoms with E-state index in [4.69, 9.17) is 0 Å². The molecule has 17 heavy (non-hydrogen) atoms. The Hall–Kier alpha value is -1.82. The number of nitrogens with zero attached hydrogens (tertiary/aromatic N) is 1. The summed E-state index contributed by atoms with van der Waals surface area (Å²) in [6, 6.07) is 5.67. The van der Waals surface area contributed by atoms with Gasteiger partial charge >= 0.3 is 6.03 Å². The van der Waals surface area contributed by atoms with Crippen molar-refractivity contribution >= 4 is 21.7 Å². The summed E-state index contributed by atoms with van der Waals surface area (Å²) in [4.78, 5) is 11.8. The van der Waals surface area contributed by atoms with E-state index in [9.17, 15) is 13.2 Å². The van der Waals surface area contributed by atoms with Crippen LogP contribution in [0.15, 0.2) is 41.3 Å². The number of sulfonamides is 1. The largest absolute Gasteiger partial charge is 0.336 e. The summed E-state index contributed by atoms with van der Waals surface area (Å²) < 4.78 is 25.1. The molecule has 0 aliphatic carbocycles. The van der Waals surface area contributed by atoms with E-state index in [-0.39, 0.29) is 11.4 Å². The third-order valence-corrected chi connectivity index (χ3v) is 4.12. The fourth-order valence-corrected chi connectivity index (χ4v) is 3.14. The van der Waals surface area contributed by atoms with Crippen molar-refractivity contribution in [1.29, 1.82) is 0 Å². The van der Waals surface area contributed by atoms with Crippen molar-refractivity contribution < 1.29 is 13.2 Å². The van der Waals surface area contributed by atoms with Gasteiger partial charge in [0.2, 0.25) is 0 Å². The van der Waals surface area contributed by atoms with Gasteiger partial charge in [-0.1, -0.05) is 24.3 Å². The summed E-state index contributed by atoms with van der Waals surface area (Å²) in [5.41, 5.74) is 0.915. The van der Waals surface area contributed by atoms with Gasteiger partial charge in [-0.3, -0.25) is 0 Å². The van der Waals surface area contributed by atoms with Gasteiger partial charge in [-0.25, -0.2) is 17.5 Å². The maximum absolute atomic E-state index is 12.2. The highest BCUT2D eigenvalue weighted by Gasteiger charge is 2.35. The SMILES string of the molecule is C=C(C)CN1C(=O)Nc2ccccc2S1(=O)=O. The molecule has 0 aromatic heterocycles. The average molecular weight is 252 g/mol. The number of amides is 2. The summed E-state index contributed by atoms with van der Waals surface area (Å²) in [6.07, 6.45) is 0. The standard InChI is InChI=1S/C11H12N2O3S/c1-8(2)7-13-11(14)12-9-5-3-4-6-10(9)17(13,15)16/h3-6H,1,7H2,2H3,(H,12,14). The van der Waals surface area contributed by atoms with Crippen LogP contribution in [0.1, 0.15) is 6.92 Å². The lowest BCUT2D eigenvalue weighted by Gasteiger charge is -2.28. The molecule has 0 saturated heterocycles. The maximum Gasteiger partial charge on any atom is 0.336 e. The second-order valence-corrected chi connectivity index (χ2v) is 5.73. The van der Waals surface area contributed by atoms with Crippen LogP contribution in [0.2, 0.25) is 0 Å². The quantitative estimate of drug-likeness (QED) is 0.816. The lowest BCUT2D eigenvalue weighted by atomic mass is 10.3. The molecule has 0 spiro atoms. The van der Waals surface area contributed by atoms with Crippen LogP contribution in [0.5, 0.6) is 0 Å². The second-order valence-electron chi connectivity index (χ2n) is 3.90. The van der Waals surface area contributed by atoms with Crippen molar-refractivity contribution in [2.45, 2.75) is 11.8 Å². The van der Waals surface area contributed by atoms with E-state index in [1.807, 2.05) is 0 Å². The molecule has 1 aliphatic heterocycles. The summed E-state index contributed by atoms with van der Waals surface area (Å²) in [5.74, 6) is 0. The molecule has 1 aromatic rings. The predicted octanol–water partition coefficient (Wildman–Crippen LogP) is 1.80. The van der Waals surface area contributed by atoms with Gasteiger partial charge in [-0.15, -0.1) is 0 Å². The molecule has 0 atom stereocenters. The van der Waals surface area contributed by atoms with Crippen molar-refractivity contribution in [1.82, 2.24) is 4.31 Å². The lowest BCUT2D eigenvalue weighted by molar-refractivity contribution is 0.237. The normalized spacial score (nSPS) is 17.2. The zero-order valence-electron chi connectivity index (χ0n) is 9.30. The minimum atomic E-state index is -3.77. The summed E-state index contributed by atoms with van der Waals surface area (Å²) in [5, 5.41) is 2.54. The van der Waals surface area contributed by atoms with Crippen LogP contribution in [0.25, 0.3) is 0 Å². The van der Waals surface area contributed by atoms with Gasteiger partial charge in [0, 0.05) is 0 Å². The maximum atomic E-state index is 12.2.